The van der Waals surface area contributed by atoms with Crippen LogP contribution in [0.5, 0.6) is 5.75 Å². The Morgan fingerprint density at radius 3 is 2.48 bits per heavy atom. The van der Waals surface area contributed by atoms with Crippen molar-refractivity contribution in [1.82, 2.24) is 0 Å². The van der Waals surface area contributed by atoms with Gasteiger partial charge in [-0.15, -0.1) is 0 Å². The Hall–Kier alpha value is -2.88. The average Bonchev–Trinajstić information content (AvgIpc) is 3.17. The predicted molar refractivity (Wildman–Crippen MR) is 111 cm³/mol. The highest BCUT2D eigenvalue weighted by Gasteiger charge is 2.58. The largest absolute Gasteiger partial charge is 0.497 e. The summed E-state index contributed by atoms with van der Waals surface area (Å²) >= 11 is 0. The van der Waals surface area contributed by atoms with Crippen molar-refractivity contribution in [3.63, 3.8) is 0 Å². The first-order valence-electron chi connectivity index (χ1n) is 9.18. The second-order valence-corrected chi connectivity index (χ2v) is 7.80. The van der Waals surface area contributed by atoms with Crippen molar-refractivity contribution in [2.75, 3.05) is 31.0 Å². The molecule has 2 aromatic rings. The van der Waals surface area contributed by atoms with Gasteiger partial charge in [0.05, 0.1) is 12.5 Å². The minimum Gasteiger partial charge on any atom is -0.497 e. The highest BCUT2D eigenvalue weighted by atomic mass is 16.5. The van der Waals surface area contributed by atoms with Crippen molar-refractivity contribution < 1.29 is 9.47 Å². The molecule has 1 unspecified atom stereocenters. The first-order chi connectivity index (χ1) is 12.9. The van der Waals surface area contributed by atoms with Crippen LogP contribution in [0.15, 0.2) is 61.0 Å². The van der Waals surface area contributed by atoms with Crippen LogP contribution >= 0.6 is 0 Å². The molecule has 140 valence electrons. The third-order valence-electron chi connectivity index (χ3n) is 5.76. The van der Waals surface area contributed by atoms with Crippen LogP contribution < -0.4 is 14.5 Å². The van der Waals surface area contributed by atoms with Crippen molar-refractivity contribution in [2.24, 2.45) is 0 Å². The van der Waals surface area contributed by atoms with Crippen LogP contribution in [0.3, 0.4) is 0 Å². The molecule has 0 saturated carbocycles. The van der Waals surface area contributed by atoms with Crippen molar-refractivity contribution in [2.45, 2.75) is 25.0 Å². The number of anilines is 2. The van der Waals surface area contributed by atoms with Gasteiger partial charge in [0, 0.05) is 31.7 Å². The summed E-state index contributed by atoms with van der Waals surface area (Å²) in [7, 11) is 5.80. The van der Waals surface area contributed by atoms with Gasteiger partial charge in [-0.25, -0.2) is 0 Å². The van der Waals surface area contributed by atoms with E-state index in [4.69, 9.17) is 9.47 Å². The van der Waals surface area contributed by atoms with Crippen LogP contribution in [0.25, 0.3) is 6.08 Å². The first-order valence-corrected chi connectivity index (χ1v) is 9.18. The van der Waals surface area contributed by atoms with Crippen molar-refractivity contribution in [1.29, 1.82) is 0 Å². The summed E-state index contributed by atoms with van der Waals surface area (Å²) < 4.78 is 11.7. The fourth-order valence-corrected chi connectivity index (χ4v) is 4.04. The molecule has 0 amide bonds. The van der Waals surface area contributed by atoms with Gasteiger partial charge < -0.3 is 19.3 Å². The van der Waals surface area contributed by atoms with E-state index in [1.165, 1.54) is 11.3 Å². The number of rotatable bonds is 4. The van der Waals surface area contributed by atoms with E-state index in [-0.39, 0.29) is 5.41 Å². The second-order valence-electron chi connectivity index (χ2n) is 7.80. The molecule has 0 aliphatic carbocycles. The van der Waals surface area contributed by atoms with Crippen LogP contribution in [-0.2, 0) is 10.2 Å². The molecular weight excluding hydrogens is 336 g/mol. The molecule has 0 aromatic heterocycles. The maximum absolute atomic E-state index is 6.23. The molecule has 27 heavy (non-hydrogen) atoms. The molecule has 0 spiro atoms. The number of hydrogen-bond donors (Lipinski definition) is 0. The van der Waals surface area contributed by atoms with Gasteiger partial charge >= 0.3 is 0 Å². The number of fused-ring (bicyclic) bond motifs is 3. The molecule has 2 aliphatic heterocycles. The van der Waals surface area contributed by atoms with Gasteiger partial charge in [0.2, 0.25) is 5.72 Å². The van der Waals surface area contributed by atoms with Gasteiger partial charge in [-0.1, -0.05) is 18.2 Å². The van der Waals surface area contributed by atoms with Gasteiger partial charge in [-0.05, 0) is 61.4 Å². The minimum atomic E-state index is -0.581. The topological polar surface area (TPSA) is 24.9 Å². The number of hydrogen-bond acceptors (Lipinski definition) is 4. The van der Waals surface area contributed by atoms with E-state index in [0.29, 0.717) is 0 Å². The molecule has 4 nitrogen and oxygen atoms in total. The predicted octanol–water partition coefficient (Wildman–Crippen LogP) is 4.77. The zero-order valence-corrected chi connectivity index (χ0v) is 16.6. The lowest BCUT2D eigenvalue weighted by molar-refractivity contribution is 0.0386. The van der Waals surface area contributed by atoms with Crippen LogP contribution in [0.2, 0.25) is 0 Å². The standard InChI is InChI=1S/C23H26N2O2/c1-22(2)20-16-19(26-5)10-11-21(20)25-14-15-27-23(22,25)13-12-17-6-8-18(9-7-17)24(3)4/h6-16H,1-5H3/b13-12+. The average molecular weight is 362 g/mol. The molecule has 2 heterocycles. The summed E-state index contributed by atoms with van der Waals surface area (Å²) in [5, 5.41) is 0. The summed E-state index contributed by atoms with van der Waals surface area (Å²) in [6.07, 6.45) is 8.11. The number of ether oxygens (including phenoxy) is 2. The van der Waals surface area contributed by atoms with E-state index in [1.54, 1.807) is 13.4 Å². The molecule has 0 radical (unpaired) electrons. The number of benzene rings is 2. The Bertz CT molecular complexity index is 912. The molecular formula is C23H26N2O2. The highest BCUT2D eigenvalue weighted by molar-refractivity contribution is 5.73. The van der Waals surface area contributed by atoms with Crippen molar-refractivity contribution in [3.05, 3.63) is 72.1 Å². The first kappa shape index (κ1) is 17.5. The Morgan fingerprint density at radius 1 is 1.07 bits per heavy atom. The quantitative estimate of drug-likeness (QED) is 0.782. The molecule has 0 saturated heterocycles. The molecule has 0 N–H and O–H groups in total. The summed E-state index contributed by atoms with van der Waals surface area (Å²) in [5.74, 6) is 0.866. The maximum atomic E-state index is 6.23. The molecule has 2 aliphatic rings. The van der Waals surface area contributed by atoms with Crippen LogP contribution in [0.1, 0.15) is 25.0 Å². The van der Waals surface area contributed by atoms with E-state index in [0.717, 1.165) is 17.0 Å². The molecule has 0 fully saturated rings. The van der Waals surface area contributed by atoms with Gasteiger partial charge in [0.1, 0.15) is 12.0 Å². The normalized spacial score (nSPS) is 21.9. The smallest absolute Gasteiger partial charge is 0.215 e. The summed E-state index contributed by atoms with van der Waals surface area (Å²) in [4.78, 5) is 4.31. The van der Waals surface area contributed by atoms with Gasteiger partial charge in [-0.3, -0.25) is 0 Å². The monoisotopic (exact) mass is 362 g/mol. The van der Waals surface area contributed by atoms with Crippen molar-refractivity contribution >= 4 is 17.5 Å². The number of methoxy groups -OCH3 is 1. The fourth-order valence-electron chi connectivity index (χ4n) is 4.04. The molecule has 2 aromatic carbocycles. The maximum Gasteiger partial charge on any atom is 0.215 e. The Morgan fingerprint density at radius 2 is 1.81 bits per heavy atom. The van der Waals surface area contributed by atoms with Gasteiger partial charge in [-0.2, -0.15) is 0 Å². The third kappa shape index (κ3) is 2.51. The van der Waals surface area contributed by atoms with E-state index in [2.05, 4.69) is 72.2 Å². The Kier molecular flexibility index (Phi) is 3.95. The van der Waals surface area contributed by atoms with Gasteiger partial charge in [0.15, 0.2) is 0 Å². The van der Waals surface area contributed by atoms with E-state index in [1.807, 2.05) is 26.4 Å². The third-order valence-corrected chi connectivity index (χ3v) is 5.76. The zero-order chi connectivity index (χ0) is 19.2. The van der Waals surface area contributed by atoms with Gasteiger partial charge in [0.25, 0.3) is 0 Å². The molecule has 4 heteroatoms. The van der Waals surface area contributed by atoms with E-state index < -0.39 is 5.72 Å². The van der Waals surface area contributed by atoms with Crippen LogP contribution in [-0.4, -0.2) is 26.9 Å². The SMILES string of the molecule is COc1ccc2c(c1)C(C)(C)C1(/C=C/c3ccc(N(C)C)cc3)OC=CN21. The summed E-state index contributed by atoms with van der Waals surface area (Å²) in [6.45, 7) is 4.44. The van der Waals surface area contributed by atoms with Crippen molar-refractivity contribution in [3.8, 4) is 5.75 Å². The molecule has 1 atom stereocenters. The van der Waals surface area contributed by atoms with E-state index >= 15 is 0 Å². The lowest BCUT2D eigenvalue weighted by Gasteiger charge is -2.39. The fraction of sp³-hybridized carbons (Fsp3) is 0.304. The zero-order valence-electron chi connectivity index (χ0n) is 16.6. The lowest BCUT2D eigenvalue weighted by atomic mass is 9.77. The second kappa shape index (κ2) is 6.08. The van der Waals surface area contributed by atoms with Crippen LogP contribution in [0, 0.1) is 0 Å². The number of nitrogens with zero attached hydrogens (tertiary/aromatic N) is 2. The Labute approximate surface area is 161 Å². The summed E-state index contributed by atoms with van der Waals surface area (Å²) in [5.41, 5.74) is 3.88. The minimum absolute atomic E-state index is 0.250. The molecule has 0 bridgehead atoms. The van der Waals surface area contributed by atoms with Crippen LogP contribution in [0.4, 0.5) is 11.4 Å². The Balaban J connectivity index is 1.73. The van der Waals surface area contributed by atoms with E-state index in [9.17, 15) is 0 Å². The highest BCUT2D eigenvalue weighted by Crippen LogP contribution is 2.56. The lowest BCUT2D eigenvalue weighted by Crippen LogP contribution is -2.51. The molecule has 4 rings (SSSR count). The summed E-state index contributed by atoms with van der Waals surface area (Å²) in [6, 6.07) is 14.7.